The van der Waals surface area contributed by atoms with Crippen LogP contribution in [0, 0.1) is 0 Å². The molecule has 2 rings (SSSR count). The van der Waals surface area contributed by atoms with E-state index in [2.05, 4.69) is 5.32 Å². The van der Waals surface area contributed by atoms with Crippen LogP contribution in [0.15, 0.2) is 11.4 Å². The summed E-state index contributed by atoms with van der Waals surface area (Å²) in [6.07, 6.45) is 0.896. The second kappa shape index (κ2) is 4.40. The minimum Gasteiger partial charge on any atom is -0.388 e. The molecule has 5 nitrogen and oxygen atoms in total. The van der Waals surface area contributed by atoms with E-state index in [0.29, 0.717) is 17.9 Å². The zero-order valence-electron chi connectivity index (χ0n) is 8.88. The predicted octanol–water partition coefficient (Wildman–Crippen LogP) is 1.65. The summed E-state index contributed by atoms with van der Waals surface area (Å²) in [6, 6.07) is 1.26. The molecule has 1 aromatic rings. The minimum atomic E-state index is -0.529. The maximum atomic E-state index is 11.3. The Balaban J connectivity index is 2.14. The van der Waals surface area contributed by atoms with Gasteiger partial charge in [0, 0.05) is 11.9 Å². The van der Waals surface area contributed by atoms with Gasteiger partial charge in [0.25, 0.3) is 0 Å². The Morgan fingerprint density at radius 2 is 2.38 bits per heavy atom. The third-order valence-electron chi connectivity index (χ3n) is 2.73. The van der Waals surface area contributed by atoms with Crippen LogP contribution in [0.4, 0.5) is 4.79 Å². The molecule has 0 saturated heterocycles. The lowest BCUT2D eigenvalue weighted by molar-refractivity contribution is -0.0199. The van der Waals surface area contributed by atoms with Gasteiger partial charge in [-0.25, -0.2) is 9.86 Å². The van der Waals surface area contributed by atoms with Gasteiger partial charge >= 0.3 is 6.03 Å². The van der Waals surface area contributed by atoms with Gasteiger partial charge in [0.2, 0.25) is 0 Å². The highest BCUT2D eigenvalue weighted by Crippen LogP contribution is 2.39. The van der Waals surface area contributed by atoms with Crippen molar-refractivity contribution in [3.8, 4) is 0 Å². The average molecular weight is 242 g/mol. The number of urea groups is 1. The summed E-state index contributed by atoms with van der Waals surface area (Å²) < 4.78 is 0. The maximum Gasteiger partial charge on any atom is 0.341 e. The Bertz CT molecular complexity index is 391. The van der Waals surface area contributed by atoms with Crippen molar-refractivity contribution in [3.05, 3.63) is 21.9 Å². The van der Waals surface area contributed by atoms with Crippen molar-refractivity contribution < 1.29 is 15.1 Å². The van der Waals surface area contributed by atoms with Crippen LogP contribution >= 0.6 is 11.3 Å². The number of fused-ring (bicyclic) bond motifs is 1. The van der Waals surface area contributed by atoms with Crippen LogP contribution in [0.5, 0.6) is 0 Å². The largest absolute Gasteiger partial charge is 0.388 e. The Kier molecular flexibility index (Phi) is 3.13. The molecule has 16 heavy (non-hydrogen) atoms. The summed E-state index contributed by atoms with van der Waals surface area (Å²) >= 11 is 1.50. The molecule has 1 heterocycles. The lowest BCUT2D eigenvalue weighted by atomic mass is 9.92. The first-order valence-electron chi connectivity index (χ1n) is 5.08. The van der Waals surface area contributed by atoms with Crippen molar-refractivity contribution in [3.63, 3.8) is 0 Å². The standard InChI is InChI=1S/C10H14N2O3S/c1-12(15)10(14)11-7-2-3-8(13)9-6(7)4-5-16-9/h4-5,7-8,13,15H,2-3H2,1H3,(H,11,14). The van der Waals surface area contributed by atoms with Gasteiger partial charge in [-0.2, -0.15) is 0 Å². The van der Waals surface area contributed by atoms with E-state index < -0.39 is 12.1 Å². The molecule has 2 atom stereocenters. The summed E-state index contributed by atoms with van der Waals surface area (Å²) in [5, 5.41) is 23.9. The van der Waals surface area contributed by atoms with Gasteiger partial charge in [0.1, 0.15) is 0 Å². The van der Waals surface area contributed by atoms with Crippen LogP contribution in [0.25, 0.3) is 0 Å². The van der Waals surface area contributed by atoms with Crippen molar-refractivity contribution in [2.45, 2.75) is 25.0 Å². The number of nitrogens with zero attached hydrogens (tertiary/aromatic N) is 1. The van der Waals surface area contributed by atoms with Gasteiger partial charge in [-0.1, -0.05) is 0 Å². The molecular weight excluding hydrogens is 228 g/mol. The molecule has 0 aliphatic heterocycles. The fourth-order valence-electron chi connectivity index (χ4n) is 1.89. The second-order valence-corrected chi connectivity index (χ2v) is 4.81. The van der Waals surface area contributed by atoms with Gasteiger partial charge in [-0.3, -0.25) is 5.21 Å². The van der Waals surface area contributed by atoms with Crippen LogP contribution in [-0.4, -0.2) is 28.5 Å². The van der Waals surface area contributed by atoms with E-state index in [0.717, 1.165) is 10.4 Å². The highest BCUT2D eigenvalue weighted by Gasteiger charge is 2.28. The van der Waals surface area contributed by atoms with Crippen LogP contribution < -0.4 is 5.32 Å². The molecule has 3 N–H and O–H groups in total. The molecule has 2 unspecified atom stereocenters. The van der Waals surface area contributed by atoms with Crippen molar-refractivity contribution >= 4 is 17.4 Å². The number of hydrogen-bond acceptors (Lipinski definition) is 4. The topological polar surface area (TPSA) is 72.8 Å². The van der Waals surface area contributed by atoms with Crippen molar-refractivity contribution in [1.29, 1.82) is 0 Å². The number of thiophene rings is 1. The third-order valence-corrected chi connectivity index (χ3v) is 3.76. The van der Waals surface area contributed by atoms with Crippen LogP contribution in [-0.2, 0) is 0 Å². The van der Waals surface area contributed by atoms with E-state index >= 15 is 0 Å². The van der Waals surface area contributed by atoms with E-state index in [1.54, 1.807) is 0 Å². The summed E-state index contributed by atoms with van der Waals surface area (Å²) in [5.74, 6) is 0. The molecule has 88 valence electrons. The van der Waals surface area contributed by atoms with Gasteiger partial charge in [0.15, 0.2) is 0 Å². The third kappa shape index (κ3) is 2.04. The summed E-state index contributed by atoms with van der Waals surface area (Å²) in [4.78, 5) is 12.2. The Hall–Kier alpha value is -1.11. The lowest BCUT2D eigenvalue weighted by Gasteiger charge is -2.27. The number of hydroxylamine groups is 2. The van der Waals surface area contributed by atoms with E-state index in [1.807, 2.05) is 11.4 Å². The molecule has 1 aliphatic rings. The molecule has 2 amide bonds. The fraction of sp³-hybridized carbons (Fsp3) is 0.500. The molecule has 0 spiro atoms. The van der Waals surface area contributed by atoms with Crippen molar-refractivity contribution in [2.75, 3.05) is 7.05 Å². The van der Waals surface area contributed by atoms with Gasteiger partial charge in [-0.05, 0) is 29.9 Å². The molecule has 0 bridgehead atoms. The SMILES string of the molecule is CN(O)C(=O)NC1CCC(O)c2sccc21. The summed E-state index contributed by atoms with van der Waals surface area (Å²) in [6.45, 7) is 0. The number of carbonyl (C=O) groups excluding carboxylic acids is 1. The minimum absolute atomic E-state index is 0.119. The van der Waals surface area contributed by atoms with Crippen molar-refractivity contribution in [2.24, 2.45) is 0 Å². The monoisotopic (exact) mass is 242 g/mol. The summed E-state index contributed by atoms with van der Waals surface area (Å²) in [5.41, 5.74) is 0.957. The van der Waals surface area contributed by atoms with Crippen LogP contribution in [0.3, 0.4) is 0 Å². The number of aliphatic hydroxyl groups is 1. The first kappa shape index (κ1) is 11.4. The smallest absolute Gasteiger partial charge is 0.341 e. The highest BCUT2D eigenvalue weighted by molar-refractivity contribution is 7.10. The lowest BCUT2D eigenvalue weighted by Crippen LogP contribution is -2.38. The molecule has 6 heteroatoms. The van der Waals surface area contributed by atoms with Crippen LogP contribution in [0.2, 0.25) is 0 Å². The van der Waals surface area contributed by atoms with Gasteiger partial charge in [0.05, 0.1) is 12.1 Å². The number of carbonyl (C=O) groups is 1. The van der Waals surface area contributed by atoms with Gasteiger partial charge in [-0.15, -0.1) is 11.3 Å². The van der Waals surface area contributed by atoms with E-state index in [-0.39, 0.29) is 6.04 Å². The normalized spacial score (nSPS) is 23.7. The molecule has 0 fully saturated rings. The average Bonchev–Trinajstić information content (AvgIpc) is 2.71. The Labute approximate surface area is 97.3 Å². The molecule has 1 aliphatic carbocycles. The summed E-state index contributed by atoms with van der Waals surface area (Å²) in [7, 11) is 1.28. The predicted molar refractivity (Wildman–Crippen MR) is 59.3 cm³/mol. The zero-order valence-corrected chi connectivity index (χ0v) is 9.70. The van der Waals surface area contributed by atoms with Gasteiger partial charge < -0.3 is 10.4 Å². The second-order valence-electron chi connectivity index (χ2n) is 3.86. The Morgan fingerprint density at radius 1 is 1.62 bits per heavy atom. The molecule has 0 saturated carbocycles. The highest BCUT2D eigenvalue weighted by atomic mass is 32.1. The number of nitrogens with one attached hydrogen (secondary N) is 1. The first-order valence-corrected chi connectivity index (χ1v) is 5.96. The number of hydrogen-bond donors (Lipinski definition) is 3. The molecular formula is C10H14N2O3S. The zero-order chi connectivity index (χ0) is 11.7. The maximum absolute atomic E-state index is 11.3. The van der Waals surface area contributed by atoms with E-state index in [9.17, 15) is 9.90 Å². The number of amides is 2. The molecule has 0 aromatic carbocycles. The van der Waals surface area contributed by atoms with E-state index in [4.69, 9.17) is 5.21 Å². The molecule has 0 radical (unpaired) electrons. The Morgan fingerprint density at radius 3 is 3.06 bits per heavy atom. The quantitative estimate of drug-likeness (QED) is 0.518. The number of aliphatic hydroxyl groups excluding tert-OH is 1. The van der Waals surface area contributed by atoms with Crippen molar-refractivity contribution in [1.82, 2.24) is 10.4 Å². The first-order chi connectivity index (χ1) is 7.59. The molecule has 1 aromatic heterocycles. The van der Waals surface area contributed by atoms with Crippen LogP contribution in [0.1, 0.15) is 35.4 Å². The number of rotatable bonds is 1. The van der Waals surface area contributed by atoms with E-state index in [1.165, 1.54) is 18.4 Å². The fourth-order valence-corrected chi connectivity index (χ4v) is 2.88.